The highest BCUT2D eigenvalue weighted by Crippen LogP contribution is 2.39. The second-order valence-electron chi connectivity index (χ2n) is 6.04. The summed E-state index contributed by atoms with van der Waals surface area (Å²) in [5.41, 5.74) is 0. The summed E-state index contributed by atoms with van der Waals surface area (Å²) >= 11 is 6.17. The van der Waals surface area contributed by atoms with E-state index in [-0.39, 0.29) is 4.75 Å². The largest absolute Gasteiger partial charge is 0.354 e. The van der Waals surface area contributed by atoms with Gasteiger partial charge in [0.25, 0.3) is 0 Å². The van der Waals surface area contributed by atoms with E-state index in [1.807, 2.05) is 6.07 Å². The molecule has 1 aliphatic heterocycles. The number of anilines is 1. The maximum Gasteiger partial charge on any atom is 0.135 e. The zero-order valence-electron chi connectivity index (χ0n) is 12.6. The molecule has 1 saturated heterocycles. The second-order valence-corrected chi connectivity index (χ2v) is 8.40. The Hall–Kier alpha value is -0.680. The summed E-state index contributed by atoms with van der Waals surface area (Å²) in [5, 5.41) is 0.521. The van der Waals surface area contributed by atoms with Crippen LogP contribution >= 0.6 is 11.6 Å². The highest BCUT2D eigenvalue weighted by Gasteiger charge is 2.39. The van der Waals surface area contributed by atoms with Crippen LogP contribution in [0.5, 0.6) is 0 Å². The van der Waals surface area contributed by atoms with Crippen LogP contribution < -0.4 is 4.90 Å². The summed E-state index contributed by atoms with van der Waals surface area (Å²) in [4.78, 5) is 11.3. The third-order valence-electron chi connectivity index (χ3n) is 4.76. The molecule has 0 amide bonds. The van der Waals surface area contributed by atoms with E-state index in [4.69, 9.17) is 16.6 Å². The van der Waals surface area contributed by atoms with Gasteiger partial charge in [-0.3, -0.25) is 4.21 Å². The van der Waals surface area contributed by atoms with Crippen molar-refractivity contribution >= 4 is 28.2 Å². The molecular formula is C15H22ClN3OS. The van der Waals surface area contributed by atoms with Crippen LogP contribution in [-0.2, 0) is 10.8 Å². The van der Waals surface area contributed by atoms with Gasteiger partial charge in [-0.2, -0.15) is 0 Å². The standard InChI is InChI=1S/C15H22ClN3OS/c1-3-15(4-2)10-19(7-8-21(15)20)13-9-12(16)17-14(18-13)11-5-6-11/h9,11H,3-8,10H2,1-2H3. The van der Waals surface area contributed by atoms with E-state index in [0.717, 1.165) is 50.4 Å². The van der Waals surface area contributed by atoms with Gasteiger partial charge in [-0.25, -0.2) is 9.97 Å². The molecule has 2 fully saturated rings. The van der Waals surface area contributed by atoms with Crippen LogP contribution in [0.2, 0.25) is 5.15 Å². The van der Waals surface area contributed by atoms with Crippen molar-refractivity contribution in [3.8, 4) is 0 Å². The van der Waals surface area contributed by atoms with Crippen molar-refractivity contribution in [2.75, 3.05) is 23.7 Å². The van der Waals surface area contributed by atoms with Gasteiger partial charge in [0, 0.05) is 41.6 Å². The first kappa shape index (κ1) is 15.2. The normalized spacial score (nSPS) is 25.1. The van der Waals surface area contributed by atoms with Gasteiger partial charge in [-0.1, -0.05) is 25.4 Å². The van der Waals surface area contributed by atoms with Crippen LogP contribution in [0, 0.1) is 0 Å². The molecule has 2 heterocycles. The first-order chi connectivity index (χ1) is 10.1. The Morgan fingerprint density at radius 3 is 2.71 bits per heavy atom. The van der Waals surface area contributed by atoms with Crippen LogP contribution in [0.4, 0.5) is 5.82 Å². The van der Waals surface area contributed by atoms with Gasteiger partial charge in [-0.15, -0.1) is 0 Å². The maximum absolute atomic E-state index is 12.4. The molecule has 4 nitrogen and oxygen atoms in total. The van der Waals surface area contributed by atoms with Crippen molar-refractivity contribution in [1.29, 1.82) is 0 Å². The molecule has 1 aromatic rings. The monoisotopic (exact) mass is 327 g/mol. The summed E-state index contributed by atoms with van der Waals surface area (Å²) in [6.07, 6.45) is 4.19. The number of nitrogens with zero attached hydrogens (tertiary/aromatic N) is 3. The van der Waals surface area contributed by atoms with Crippen molar-refractivity contribution in [1.82, 2.24) is 9.97 Å². The van der Waals surface area contributed by atoms with Crippen LogP contribution in [0.25, 0.3) is 0 Å². The Bertz CT molecular complexity index is 558. The van der Waals surface area contributed by atoms with E-state index >= 15 is 0 Å². The van der Waals surface area contributed by atoms with Gasteiger partial charge in [0.2, 0.25) is 0 Å². The fourth-order valence-electron chi connectivity index (χ4n) is 3.01. The lowest BCUT2D eigenvalue weighted by Crippen LogP contribution is -2.53. The van der Waals surface area contributed by atoms with Gasteiger partial charge in [-0.05, 0) is 25.7 Å². The molecule has 6 heteroatoms. The lowest BCUT2D eigenvalue weighted by molar-refractivity contribution is 0.494. The predicted octanol–water partition coefficient (Wildman–Crippen LogP) is 3.13. The zero-order valence-corrected chi connectivity index (χ0v) is 14.2. The van der Waals surface area contributed by atoms with E-state index in [9.17, 15) is 4.21 Å². The van der Waals surface area contributed by atoms with E-state index in [1.165, 1.54) is 0 Å². The number of halogens is 1. The molecule has 0 N–H and O–H groups in total. The Morgan fingerprint density at radius 1 is 1.38 bits per heavy atom. The highest BCUT2D eigenvalue weighted by molar-refractivity contribution is 7.86. The number of rotatable bonds is 4. The van der Waals surface area contributed by atoms with Crippen molar-refractivity contribution in [3.63, 3.8) is 0 Å². The number of hydrogen-bond donors (Lipinski definition) is 0. The summed E-state index contributed by atoms with van der Waals surface area (Å²) in [5.74, 6) is 2.98. The molecule has 0 bridgehead atoms. The average molecular weight is 328 g/mol. The molecule has 3 rings (SSSR count). The first-order valence-corrected chi connectivity index (χ1v) is 9.45. The SMILES string of the molecule is CCC1(CC)CN(c2cc(Cl)nc(C3CC3)n2)CCS1=O. The van der Waals surface area contributed by atoms with Gasteiger partial charge >= 0.3 is 0 Å². The lowest BCUT2D eigenvalue weighted by Gasteiger charge is -2.41. The van der Waals surface area contributed by atoms with E-state index in [0.29, 0.717) is 16.8 Å². The Balaban J connectivity index is 1.88. The lowest BCUT2D eigenvalue weighted by atomic mass is 10.0. The van der Waals surface area contributed by atoms with Crippen molar-refractivity contribution in [2.45, 2.75) is 50.2 Å². The van der Waals surface area contributed by atoms with Crippen molar-refractivity contribution in [2.24, 2.45) is 0 Å². The molecule has 0 radical (unpaired) electrons. The van der Waals surface area contributed by atoms with Crippen LogP contribution in [0.15, 0.2) is 6.07 Å². The van der Waals surface area contributed by atoms with Crippen molar-refractivity contribution in [3.05, 3.63) is 17.0 Å². The summed E-state index contributed by atoms with van der Waals surface area (Å²) < 4.78 is 12.3. The van der Waals surface area contributed by atoms with Gasteiger partial charge in [0.1, 0.15) is 16.8 Å². The van der Waals surface area contributed by atoms with Gasteiger partial charge in [0.05, 0.1) is 4.75 Å². The highest BCUT2D eigenvalue weighted by atomic mass is 35.5. The maximum atomic E-state index is 12.4. The van der Waals surface area contributed by atoms with Gasteiger partial charge < -0.3 is 4.90 Å². The molecule has 1 aliphatic carbocycles. The van der Waals surface area contributed by atoms with Crippen LogP contribution in [-0.4, -0.2) is 37.8 Å². The molecule has 1 unspecified atom stereocenters. The summed E-state index contributed by atoms with van der Waals surface area (Å²) in [6.45, 7) is 5.84. The summed E-state index contributed by atoms with van der Waals surface area (Å²) in [7, 11) is -0.756. The third kappa shape index (κ3) is 2.95. The fraction of sp³-hybridized carbons (Fsp3) is 0.733. The molecule has 1 saturated carbocycles. The van der Waals surface area contributed by atoms with Crippen molar-refractivity contribution < 1.29 is 4.21 Å². The smallest absolute Gasteiger partial charge is 0.135 e. The topological polar surface area (TPSA) is 46.1 Å². The Morgan fingerprint density at radius 2 is 2.10 bits per heavy atom. The summed E-state index contributed by atoms with van der Waals surface area (Å²) in [6, 6.07) is 1.84. The Labute approximate surface area is 133 Å². The minimum absolute atomic E-state index is 0.116. The quantitative estimate of drug-likeness (QED) is 0.797. The molecule has 0 aromatic carbocycles. The fourth-order valence-corrected chi connectivity index (χ4v) is 4.96. The van der Waals surface area contributed by atoms with E-state index in [2.05, 4.69) is 23.7 Å². The molecule has 0 spiro atoms. The predicted molar refractivity (Wildman–Crippen MR) is 87.6 cm³/mol. The molecule has 116 valence electrons. The number of hydrogen-bond acceptors (Lipinski definition) is 4. The minimum Gasteiger partial charge on any atom is -0.354 e. The molecule has 1 aromatic heterocycles. The average Bonchev–Trinajstić information content (AvgIpc) is 3.32. The minimum atomic E-state index is -0.756. The van der Waals surface area contributed by atoms with Crippen LogP contribution in [0.1, 0.15) is 51.3 Å². The van der Waals surface area contributed by atoms with Gasteiger partial charge in [0.15, 0.2) is 0 Å². The molecule has 1 atom stereocenters. The first-order valence-electron chi connectivity index (χ1n) is 7.76. The molecule has 21 heavy (non-hydrogen) atoms. The van der Waals surface area contributed by atoms with E-state index < -0.39 is 10.8 Å². The molecular weight excluding hydrogens is 306 g/mol. The second kappa shape index (κ2) is 5.84. The van der Waals surface area contributed by atoms with Crippen LogP contribution in [0.3, 0.4) is 0 Å². The number of aromatic nitrogens is 2. The molecule has 2 aliphatic rings. The Kier molecular flexibility index (Phi) is 4.23. The third-order valence-corrected chi connectivity index (χ3v) is 7.18. The van der Waals surface area contributed by atoms with E-state index in [1.54, 1.807) is 0 Å². The zero-order chi connectivity index (χ0) is 15.0.